The minimum Gasteiger partial charge on any atom is -0.497 e. The van der Waals surface area contributed by atoms with Crippen LogP contribution in [0.3, 0.4) is 0 Å². The Balaban J connectivity index is 1.94. The van der Waals surface area contributed by atoms with Crippen LogP contribution in [-0.4, -0.2) is 57.2 Å². The van der Waals surface area contributed by atoms with E-state index in [4.69, 9.17) is 4.74 Å². The molecule has 0 radical (unpaired) electrons. The number of nitrogens with one attached hydrogen (secondary N) is 1. The fourth-order valence-electron chi connectivity index (χ4n) is 2.71. The average molecular weight is 355 g/mol. The van der Waals surface area contributed by atoms with E-state index in [1.165, 1.54) is 22.7 Å². The SMILES string of the molecule is COc1cccc(CNC(=O)[C@H]2CCCN(S(=O)(=O)N(C)C)C2)c1. The number of piperidine rings is 1. The van der Waals surface area contributed by atoms with Gasteiger partial charge in [-0.25, -0.2) is 0 Å². The van der Waals surface area contributed by atoms with Crippen molar-refractivity contribution in [2.75, 3.05) is 34.3 Å². The summed E-state index contributed by atoms with van der Waals surface area (Å²) in [4.78, 5) is 12.4. The van der Waals surface area contributed by atoms with E-state index >= 15 is 0 Å². The standard InChI is InChI=1S/C16H25N3O4S/c1-18(2)24(21,22)19-9-5-7-14(12-19)16(20)17-11-13-6-4-8-15(10-13)23-3/h4,6,8,10,14H,5,7,9,11-12H2,1-3H3,(H,17,20)/t14-/m0/s1. The van der Waals surface area contributed by atoms with Crippen LogP contribution in [0.25, 0.3) is 0 Å². The Morgan fingerprint density at radius 3 is 2.83 bits per heavy atom. The molecule has 8 heteroatoms. The first-order valence-corrected chi connectivity index (χ1v) is 9.32. The van der Waals surface area contributed by atoms with Crippen LogP contribution >= 0.6 is 0 Å². The molecule has 1 amide bonds. The van der Waals surface area contributed by atoms with Gasteiger partial charge in [-0.3, -0.25) is 4.79 Å². The van der Waals surface area contributed by atoms with Gasteiger partial charge in [-0.2, -0.15) is 17.0 Å². The van der Waals surface area contributed by atoms with E-state index in [0.29, 0.717) is 25.9 Å². The number of benzene rings is 1. The lowest BCUT2D eigenvalue weighted by Gasteiger charge is -2.32. The van der Waals surface area contributed by atoms with Crippen molar-refractivity contribution >= 4 is 16.1 Å². The molecule has 0 spiro atoms. The first-order chi connectivity index (χ1) is 11.3. The van der Waals surface area contributed by atoms with E-state index in [2.05, 4.69) is 5.32 Å². The summed E-state index contributed by atoms with van der Waals surface area (Å²) in [5.41, 5.74) is 0.941. The number of rotatable bonds is 6. The van der Waals surface area contributed by atoms with E-state index in [1.807, 2.05) is 24.3 Å². The molecule has 1 fully saturated rings. The first-order valence-electron chi connectivity index (χ1n) is 7.93. The summed E-state index contributed by atoms with van der Waals surface area (Å²) in [6, 6.07) is 7.49. The highest BCUT2D eigenvalue weighted by atomic mass is 32.2. The molecule has 7 nitrogen and oxygen atoms in total. The molecule has 1 aromatic rings. The van der Waals surface area contributed by atoms with Gasteiger partial charge < -0.3 is 10.1 Å². The predicted octanol–water partition coefficient (Wildman–Crippen LogP) is 0.830. The Kier molecular flexibility index (Phi) is 6.20. The quantitative estimate of drug-likeness (QED) is 0.820. The highest BCUT2D eigenvalue weighted by Gasteiger charge is 2.33. The van der Waals surface area contributed by atoms with Crippen molar-refractivity contribution in [2.24, 2.45) is 5.92 Å². The predicted molar refractivity (Wildman–Crippen MR) is 91.7 cm³/mol. The largest absolute Gasteiger partial charge is 0.497 e. The fraction of sp³-hybridized carbons (Fsp3) is 0.562. The summed E-state index contributed by atoms with van der Waals surface area (Å²) in [5.74, 6) is 0.304. The second kappa shape index (κ2) is 7.96. The fourth-order valence-corrected chi connectivity index (χ4v) is 3.90. The van der Waals surface area contributed by atoms with Crippen LogP contribution in [0.1, 0.15) is 18.4 Å². The third kappa shape index (κ3) is 4.46. The molecule has 1 aliphatic heterocycles. The first kappa shape index (κ1) is 18.7. The normalized spacial score (nSPS) is 19.2. The number of carbonyl (C=O) groups excluding carboxylic acids is 1. The number of hydrogen-bond donors (Lipinski definition) is 1. The zero-order valence-electron chi connectivity index (χ0n) is 14.4. The van der Waals surface area contributed by atoms with Crippen LogP contribution in [0, 0.1) is 5.92 Å². The summed E-state index contributed by atoms with van der Waals surface area (Å²) in [5, 5.41) is 2.89. The maximum absolute atomic E-state index is 12.4. The maximum atomic E-state index is 12.4. The number of nitrogens with zero attached hydrogens (tertiary/aromatic N) is 2. The van der Waals surface area contributed by atoms with Crippen molar-refractivity contribution in [3.8, 4) is 5.75 Å². The molecule has 1 saturated heterocycles. The molecule has 0 bridgehead atoms. The second-order valence-electron chi connectivity index (χ2n) is 6.06. The maximum Gasteiger partial charge on any atom is 0.281 e. The molecule has 1 heterocycles. The summed E-state index contributed by atoms with van der Waals surface area (Å²) >= 11 is 0. The summed E-state index contributed by atoms with van der Waals surface area (Å²) in [7, 11) is 1.13. The van der Waals surface area contributed by atoms with Crippen LogP contribution in [0.15, 0.2) is 24.3 Å². The van der Waals surface area contributed by atoms with Gasteiger partial charge in [-0.15, -0.1) is 0 Å². The van der Waals surface area contributed by atoms with Crippen molar-refractivity contribution in [3.05, 3.63) is 29.8 Å². The Bertz CT molecular complexity index is 676. The van der Waals surface area contributed by atoms with E-state index < -0.39 is 10.2 Å². The molecule has 134 valence electrons. The highest BCUT2D eigenvalue weighted by Crippen LogP contribution is 2.20. The minimum absolute atomic E-state index is 0.114. The molecule has 0 unspecified atom stereocenters. The monoisotopic (exact) mass is 355 g/mol. The molecule has 24 heavy (non-hydrogen) atoms. The molecule has 1 N–H and O–H groups in total. The van der Waals surface area contributed by atoms with E-state index in [-0.39, 0.29) is 18.4 Å². The van der Waals surface area contributed by atoms with Crippen molar-refractivity contribution in [3.63, 3.8) is 0 Å². The van der Waals surface area contributed by atoms with E-state index in [0.717, 1.165) is 11.3 Å². The minimum atomic E-state index is -3.47. The van der Waals surface area contributed by atoms with Gasteiger partial charge in [0.05, 0.1) is 13.0 Å². The lowest BCUT2D eigenvalue weighted by Crippen LogP contribution is -2.48. The summed E-state index contributed by atoms with van der Waals surface area (Å²) in [6.07, 6.45) is 1.38. The molecule has 1 aromatic carbocycles. The van der Waals surface area contributed by atoms with Gasteiger partial charge in [0.2, 0.25) is 5.91 Å². The van der Waals surface area contributed by atoms with Gasteiger partial charge in [-0.05, 0) is 30.5 Å². The smallest absolute Gasteiger partial charge is 0.281 e. The van der Waals surface area contributed by atoms with Gasteiger partial charge in [0.1, 0.15) is 5.75 Å². The Hall–Kier alpha value is -1.64. The van der Waals surface area contributed by atoms with Crippen LogP contribution in [0.5, 0.6) is 5.75 Å². The van der Waals surface area contributed by atoms with Crippen molar-refractivity contribution < 1.29 is 17.9 Å². The number of ether oxygens (including phenoxy) is 1. The van der Waals surface area contributed by atoms with Crippen LogP contribution in [0.2, 0.25) is 0 Å². The van der Waals surface area contributed by atoms with Gasteiger partial charge in [0.25, 0.3) is 10.2 Å². The van der Waals surface area contributed by atoms with Gasteiger partial charge in [-0.1, -0.05) is 12.1 Å². The zero-order valence-corrected chi connectivity index (χ0v) is 15.2. The lowest BCUT2D eigenvalue weighted by molar-refractivity contribution is -0.126. The van der Waals surface area contributed by atoms with E-state index in [9.17, 15) is 13.2 Å². The number of carbonyl (C=O) groups is 1. The third-order valence-electron chi connectivity index (χ3n) is 4.14. The molecule has 1 atom stereocenters. The lowest BCUT2D eigenvalue weighted by atomic mass is 9.99. The summed E-state index contributed by atoms with van der Waals surface area (Å²) in [6.45, 7) is 1.08. The van der Waals surface area contributed by atoms with Crippen molar-refractivity contribution in [1.29, 1.82) is 0 Å². The summed E-state index contributed by atoms with van der Waals surface area (Å²) < 4.78 is 32.1. The molecule has 1 aliphatic rings. The third-order valence-corrected chi connectivity index (χ3v) is 6.05. The number of hydrogen-bond acceptors (Lipinski definition) is 4. The Morgan fingerprint density at radius 1 is 1.42 bits per heavy atom. The second-order valence-corrected chi connectivity index (χ2v) is 8.20. The number of methoxy groups -OCH3 is 1. The van der Waals surface area contributed by atoms with Crippen LogP contribution in [-0.2, 0) is 21.5 Å². The van der Waals surface area contributed by atoms with Crippen molar-refractivity contribution in [2.45, 2.75) is 19.4 Å². The van der Waals surface area contributed by atoms with Crippen molar-refractivity contribution in [1.82, 2.24) is 13.9 Å². The Labute approximate surface area is 143 Å². The molecule has 0 aliphatic carbocycles. The number of amides is 1. The topological polar surface area (TPSA) is 79.0 Å². The van der Waals surface area contributed by atoms with Gasteiger partial charge in [0, 0.05) is 33.7 Å². The molecular formula is C16H25N3O4S. The van der Waals surface area contributed by atoms with Crippen LogP contribution < -0.4 is 10.1 Å². The molecule has 2 rings (SSSR count). The van der Waals surface area contributed by atoms with Crippen LogP contribution in [0.4, 0.5) is 0 Å². The van der Waals surface area contributed by atoms with Gasteiger partial charge in [0.15, 0.2) is 0 Å². The highest BCUT2D eigenvalue weighted by molar-refractivity contribution is 7.86. The van der Waals surface area contributed by atoms with Gasteiger partial charge >= 0.3 is 0 Å². The van der Waals surface area contributed by atoms with E-state index in [1.54, 1.807) is 7.11 Å². The molecule has 0 aromatic heterocycles. The zero-order chi connectivity index (χ0) is 17.7. The molecular weight excluding hydrogens is 330 g/mol. The Morgan fingerprint density at radius 2 is 2.17 bits per heavy atom. The molecule has 0 saturated carbocycles. The average Bonchev–Trinajstić information content (AvgIpc) is 2.59.